The number of hydrogen-bond donors (Lipinski definition) is 2. The topological polar surface area (TPSA) is 93.6 Å². The summed E-state index contributed by atoms with van der Waals surface area (Å²) < 4.78 is 45.6. The Labute approximate surface area is 173 Å². The third-order valence-electron chi connectivity index (χ3n) is 4.15. The van der Waals surface area contributed by atoms with Crippen LogP contribution in [0.2, 0.25) is 0 Å². The minimum Gasteiger partial charge on any atom is -0.462 e. The fourth-order valence-electron chi connectivity index (χ4n) is 2.80. The minimum atomic E-state index is -4.78. The molecule has 7 nitrogen and oxygen atoms in total. The molecule has 11 heteroatoms. The van der Waals surface area contributed by atoms with Gasteiger partial charge in [0.05, 0.1) is 18.1 Å². The van der Waals surface area contributed by atoms with Crippen LogP contribution >= 0.6 is 11.3 Å². The first-order chi connectivity index (χ1) is 14.2. The third kappa shape index (κ3) is 4.97. The molecule has 0 fully saturated rings. The van der Waals surface area contributed by atoms with E-state index in [-0.39, 0.29) is 18.9 Å². The molecule has 2 heterocycles. The van der Waals surface area contributed by atoms with E-state index in [1.54, 1.807) is 13.8 Å². The molecule has 3 aromatic rings. The number of thiophene rings is 1. The Hall–Kier alpha value is -2.92. The van der Waals surface area contributed by atoms with Crippen molar-refractivity contribution in [1.82, 2.24) is 9.97 Å². The maximum atomic E-state index is 12.2. The summed E-state index contributed by atoms with van der Waals surface area (Å²) in [5, 5.41) is 14.0. The summed E-state index contributed by atoms with van der Waals surface area (Å²) in [6.07, 6.45) is -4.45. The Balaban J connectivity index is 1.74. The average Bonchev–Trinajstić information content (AvgIpc) is 3.03. The average molecular weight is 441 g/mol. The van der Waals surface area contributed by atoms with E-state index >= 15 is 0 Å². The van der Waals surface area contributed by atoms with E-state index in [1.807, 2.05) is 0 Å². The molecule has 0 radical (unpaired) electrons. The number of fused-ring (bicyclic) bond motifs is 1. The van der Waals surface area contributed by atoms with Crippen LogP contribution in [0.25, 0.3) is 10.2 Å². The van der Waals surface area contributed by atoms with E-state index in [4.69, 9.17) is 4.74 Å². The van der Waals surface area contributed by atoms with Crippen LogP contribution in [0.5, 0.6) is 5.75 Å². The number of aryl methyl sites for hydroxylation is 1. The molecular weight excluding hydrogens is 423 g/mol. The van der Waals surface area contributed by atoms with Gasteiger partial charge in [-0.1, -0.05) is 12.1 Å². The number of aliphatic hydroxyl groups is 1. The zero-order valence-electron chi connectivity index (χ0n) is 16.0. The molecule has 1 aromatic carbocycles. The van der Waals surface area contributed by atoms with Crippen LogP contribution in [0.3, 0.4) is 0 Å². The van der Waals surface area contributed by atoms with E-state index in [9.17, 15) is 23.1 Å². The monoisotopic (exact) mass is 441 g/mol. The number of nitrogens with zero attached hydrogens (tertiary/aromatic N) is 2. The highest BCUT2D eigenvalue weighted by Gasteiger charge is 2.31. The molecule has 2 aromatic heterocycles. The van der Waals surface area contributed by atoms with E-state index in [0.29, 0.717) is 32.0 Å². The molecule has 1 unspecified atom stereocenters. The molecular formula is C19H18F3N3O4S. The van der Waals surface area contributed by atoms with Crippen molar-refractivity contribution >= 4 is 33.3 Å². The summed E-state index contributed by atoms with van der Waals surface area (Å²) in [6, 6.07) is 4.95. The van der Waals surface area contributed by atoms with Gasteiger partial charge in [-0.25, -0.2) is 14.8 Å². The number of halogens is 3. The van der Waals surface area contributed by atoms with Crippen LogP contribution in [0, 0.1) is 6.92 Å². The van der Waals surface area contributed by atoms with Crippen LogP contribution < -0.4 is 10.1 Å². The smallest absolute Gasteiger partial charge is 0.462 e. The normalized spacial score (nSPS) is 12.6. The van der Waals surface area contributed by atoms with Gasteiger partial charge in [-0.2, -0.15) is 0 Å². The van der Waals surface area contributed by atoms with Crippen molar-refractivity contribution in [2.75, 3.05) is 18.5 Å². The maximum Gasteiger partial charge on any atom is 0.573 e. The Morgan fingerprint density at radius 1 is 1.27 bits per heavy atom. The van der Waals surface area contributed by atoms with Gasteiger partial charge in [0.2, 0.25) is 0 Å². The summed E-state index contributed by atoms with van der Waals surface area (Å²) >= 11 is 1.19. The quantitative estimate of drug-likeness (QED) is 0.530. The Kier molecular flexibility index (Phi) is 6.42. The van der Waals surface area contributed by atoms with E-state index in [2.05, 4.69) is 20.0 Å². The van der Waals surface area contributed by atoms with Crippen LogP contribution in [0.15, 0.2) is 30.6 Å². The number of benzene rings is 1. The van der Waals surface area contributed by atoms with Gasteiger partial charge in [-0.15, -0.1) is 24.5 Å². The number of hydrogen-bond acceptors (Lipinski definition) is 8. The Morgan fingerprint density at radius 3 is 2.60 bits per heavy atom. The second-order valence-electron chi connectivity index (χ2n) is 6.19. The fraction of sp³-hybridized carbons (Fsp3) is 0.316. The Morgan fingerprint density at radius 2 is 1.97 bits per heavy atom. The number of aromatic nitrogens is 2. The first-order valence-electron chi connectivity index (χ1n) is 8.88. The zero-order valence-corrected chi connectivity index (χ0v) is 16.8. The van der Waals surface area contributed by atoms with E-state index in [1.165, 1.54) is 29.8 Å². The Bertz CT molecular complexity index is 1040. The van der Waals surface area contributed by atoms with E-state index < -0.39 is 18.4 Å². The van der Waals surface area contributed by atoms with Crippen LogP contribution in [0.1, 0.15) is 33.8 Å². The molecule has 0 amide bonds. The number of esters is 1. The lowest BCUT2D eigenvalue weighted by Crippen LogP contribution is -2.17. The van der Waals surface area contributed by atoms with Crippen molar-refractivity contribution in [2.24, 2.45) is 0 Å². The molecule has 2 N–H and O–H groups in total. The molecule has 0 spiro atoms. The second kappa shape index (κ2) is 8.84. The molecule has 0 saturated heterocycles. The minimum absolute atomic E-state index is 0.0373. The van der Waals surface area contributed by atoms with Crippen LogP contribution in [-0.2, 0) is 4.74 Å². The number of aliphatic hydroxyl groups excluding tert-OH is 1. The lowest BCUT2D eigenvalue weighted by molar-refractivity contribution is -0.274. The molecule has 0 aliphatic carbocycles. The summed E-state index contributed by atoms with van der Waals surface area (Å²) in [6.45, 7) is 3.77. The molecule has 0 aliphatic heterocycles. The lowest BCUT2D eigenvalue weighted by atomic mass is 10.1. The first-order valence-corrected chi connectivity index (χ1v) is 9.70. The highest BCUT2D eigenvalue weighted by atomic mass is 32.1. The van der Waals surface area contributed by atoms with Gasteiger partial charge >= 0.3 is 12.3 Å². The molecule has 160 valence electrons. The highest BCUT2D eigenvalue weighted by Crippen LogP contribution is 2.34. The van der Waals surface area contributed by atoms with Crippen molar-refractivity contribution in [3.05, 3.63) is 46.6 Å². The number of carbonyl (C=O) groups is 1. The molecule has 30 heavy (non-hydrogen) atoms. The summed E-state index contributed by atoms with van der Waals surface area (Å²) in [5.74, 6) is -0.380. The maximum absolute atomic E-state index is 12.2. The molecule has 0 bridgehead atoms. The zero-order chi connectivity index (χ0) is 21.9. The number of rotatable bonds is 7. The second-order valence-corrected chi connectivity index (χ2v) is 7.19. The van der Waals surface area contributed by atoms with Crippen molar-refractivity contribution in [3.63, 3.8) is 0 Å². The lowest BCUT2D eigenvalue weighted by Gasteiger charge is -2.14. The SMILES string of the molecule is CCOC(=O)c1sc2ncnc(NCC(O)c3ccc(OC(F)(F)F)cc3)c2c1C. The highest BCUT2D eigenvalue weighted by molar-refractivity contribution is 7.20. The van der Waals surface area contributed by atoms with Gasteiger partial charge in [-0.05, 0) is 37.1 Å². The summed E-state index contributed by atoms with van der Waals surface area (Å²) in [4.78, 5) is 21.5. The van der Waals surface area contributed by atoms with Crippen LogP contribution in [0.4, 0.5) is 19.0 Å². The van der Waals surface area contributed by atoms with Gasteiger partial charge in [0.25, 0.3) is 0 Å². The van der Waals surface area contributed by atoms with Crippen LogP contribution in [-0.4, -0.2) is 40.6 Å². The van der Waals surface area contributed by atoms with Crippen molar-refractivity contribution in [2.45, 2.75) is 26.3 Å². The van der Waals surface area contributed by atoms with Gasteiger partial charge < -0.3 is 19.9 Å². The number of alkyl halides is 3. The standard InChI is InChI=1S/C19H18F3N3O4S/c1-3-28-18(27)15-10(2)14-16(24-9-25-17(14)30-15)23-8-13(26)11-4-6-12(7-5-11)29-19(20,21)22/h4-7,9,13,26H,3,8H2,1-2H3,(H,23,24,25). The van der Waals surface area contributed by atoms with Crippen molar-refractivity contribution in [1.29, 1.82) is 0 Å². The number of carbonyl (C=O) groups excluding carboxylic acids is 1. The number of nitrogens with one attached hydrogen (secondary N) is 1. The fourth-order valence-corrected chi connectivity index (χ4v) is 3.84. The van der Waals surface area contributed by atoms with Gasteiger partial charge in [0, 0.05) is 6.54 Å². The van der Waals surface area contributed by atoms with Gasteiger partial charge in [0.1, 0.15) is 27.6 Å². The molecule has 0 saturated carbocycles. The summed E-state index contributed by atoms with van der Waals surface area (Å²) in [7, 11) is 0. The van der Waals surface area contributed by atoms with Crippen molar-refractivity contribution in [3.8, 4) is 5.75 Å². The number of anilines is 1. The number of ether oxygens (including phenoxy) is 2. The predicted molar refractivity (Wildman–Crippen MR) is 105 cm³/mol. The van der Waals surface area contributed by atoms with Gasteiger partial charge in [0.15, 0.2) is 0 Å². The van der Waals surface area contributed by atoms with E-state index in [0.717, 1.165) is 12.1 Å². The largest absolute Gasteiger partial charge is 0.573 e. The third-order valence-corrected chi connectivity index (χ3v) is 5.33. The molecule has 3 rings (SSSR count). The first kappa shape index (κ1) is 21.8. The summed E-state index contributed by atoms with van der Waals surface area (Å²) in [5.41, 5.74) is 1.07. The molecule has 0 aliphatic rings. The van der Waals surface area contributed by atoms with Gasteiger partial charge in [-0.3, -0.25) is 0 Å². The van der Waals surface area contributed by atoms with Crippen molar-refractivity contribution < 1.29 is 32.5 Å². The molecule has 1 atom stereocenters. The predicted octanol–water partition coefficient (Wildman–Crippen LogP) is 4.22.